The fraction of sp³-hybridized carbons (Fsp3) is 0.667. The highest BCUT2D eigenvalue weighted by atomic mass is 79.9. The normalized spacial score (nSPS) is 16.6. The zero-order valence-electron chi connectivity index (χ0n) is 13.5. The van der Waals surface area contributed by atoms with Gasteiger partial charge >= 0.3 is 0 Å². The molecule has 2 nitrogen and oxygen atoms in total. The van der Waals surface area contributed by atoms with Crippen molar-refractivity contribution in [2.75, 3.05) is 20.1 Å². The van der Waals surface area contributed by atoms with Crippen molar-refractivity contribution in [3.8, 4) is 0 Å². The summed E-state index contributed by atoms with van der Waals surface area (Å²) in [5.41, 5.74) is 2.65. The first-order chi connectivity index (χ1) is 10.2. The average Bonchev–Trinajstić information content (AvgIpc) is 2.49. The second-order valence-corrected chi connectivity index (χ2v) is 7.25. The van der Waals surface area contributed by atoms with Crippen LogP contribution in [0.25, 0.3) is 0 Å². The van der Waals surface area contributed by atoms with Crippen molar-refractivity contribution in [2.24, 2.45) is 0 Å². The van der Waals surface area contributed by atoms with Crippen LogP contribution in [0.15, 0.2) is 22.7 Å². The van der Waals surface area contributed by atoms with E-state index in [1.54, 1.807) is 0 Å². The minimum Gasteiger partial charge on any atom is -0.313 e. The van der Waals surface area contributed by atoms with Crippen molar-refractivity contribution in [3.63, 3.8) is 0 Å². The zero-order valence-corrected chi connectivity index (χ0v) is 15.1. The minimum atomic E-state index is 0.838. The Balaban J connectivity index is 1.61. The maximum atomic E-state index is 3.64. The minimum absolute atomic E-state index is 0.838. The first-order valence-electron chi connectivity index (χ1n) is 8.33. The number of nitrogens with zero attached hydrogens (tertiary/aromatic N) is 1. The molecule has 0 aliphatic heterocycles. The summed E-state index contributed by atoms with van der Waals surface area (Å²) >= 11 is 3.64. The van der Waals surface area contributed by atoms with Gasteiger partial charge in [0.15, 0.2) is 0 Å². The van der Waals surface area contributed by atoms with E-state index in [1.807, 2.05) is 0 Å². The molecule has 0 heterocycles. The van der Waals surface area contributed by atoms with Crippen LogP contribution in [-0.2, 0) is 6.54 Å². The number of benzene rings is 1. The molecule has 1 aromatic carbocycles. The van der Waals surface area contributed by atoms with Gasteiger partial charge in [-0.1, -0.05) is 47.3 Å². The molecule has 0 amide bonds. The molecule has 1 N–H and O–H groups in total. The summed E-state index contributed by atoms with van der Waals surface area (Å²) in [6, 6.07) is 7.41. The molecule has 1 aliphatic rings. The summed E-state index contributed by atoms with van der Waals surface area (Å²) in [5.74, 6) is 0. The van der Waals surface area contributed by atoms with E-state index in [0.717, 1.165) is 19.1 Å². The molecule has 0 aromatic heterocycles. The summed E-state index contributed by atoms with van der Waals surface area (Å²) < 4.78 is 1.22. The Labute approximate surface area is 138 Å². The number of hydrogen-bond acceptors (Lipinski definition) is 2. The number of aryl methyl sites for hydroxylation is 1. The first kappa shape index (κ1) is 17.0. The van der Waals surface area contributed by atoms with Crippen molar-refractivity contribution in [2.45, 2.75) is 58.0 Å². The van der Waals surface area contributed by atoms with Gasteiger partial charge in [0.2, 0.25) is 0 Å². The molecule has 3 heteroatoms. The smallest absolute Gasteiger partial charge is 0.0222 e. The van der Waals surface area contributed by atoms with E-state index < -0.39 is 0 Å². The maximum Gasteiger partial charge on any atom is 0.0222 e. The largest absolute Gasteiger partial charge is 0.313 e. The molecular formula is C18H29BrN2. The summed E-state index contributed by atoms with van der Waals surface area (Å²) in [7, 11) is 2.30. The average molecular weight is 353 g/mol. The zero-order chi connectivity index (χ0) is 15.1. The van der Waals surface area contributed by atoms with Crippen LogP contribution in [-0.4, -0.2) is 31.1 Å². The van der Waals surface area contributed by atoms with Crippen molar-refractivity contribution < 1.29 is 0 Å². The van der Waals surface area contributed by atoms with Crippen LogP contribution in [0.3, 0.4) is 0 Å². The Morgan fingerprint density at radius 1 is 1.24 bits per heavy atom. The van der Waals surface area contributed by atoms with Gasteiger partial charge in [-0.2, -0.15) is 0 Å². The van der Waals surface area contributed by atoms with Gasteiger partial charge in [-0.15, -0.1) is 0 Å². The van der Waals surface area contributed by atoms with Crippen LogP contribution >= 0.6 is 15.9 Å². The lowest BCUT2D eigenvalue weighted by Gasteiger charge is -2.31. The van der Waals surface area contributed by atoms with Gasteiger partial charge in [-0.05, 0) is 63.5 Å². The van der Waals surface area contributed by atoms with Crippen LogP contribution in [0.5, 0.6) is 0 Å². The highest BCUT2D eigenvalue weighted by molar-refractivity contribution is 9.10. The van der Waals surface area contributed by atoms with Gasteiger partial charge in [0, 0.05) is 17.1 Å². The molecular weight excluding hydrogens is 324 g/mol. The summed E-state index contributed by atoms with van der Waals surface area (Å²) in [4.78, 5) is 2.57. The van der Waals surface area contributed by atoms with Crippen molar-refractivity contribution in [1.29, 1.82) is 0 Å². The topological polar surface area (TPSA) is 15.3 Å². The third-order valence-corrected chi connectivity index (χ3v) is 5.32. The molecule has 1 saturated carbocycles. The van der Waals surface area contributed by atoms with Gasteiger partial charge in [0.05, 0.1) is 0 Å². The number of nitrogens with one attached hydrogen (secondary N) is 1. The Morgan fingerprint density at radius 2 is 2.00 bits per heavy atom. The van der Waals surface area contributed by atoms with E-state index in [4.69, 9.17) is 0 Å². The van der Waals surface area contributed by atoms with Gasteiger partial charge in [0.25, 0.3) is 0 Å². The maximum absolute atomic E-state index is 3.64. The van der Waals surface area contributed by atoms with Crippen molar-refractivity contribution in [3.05, 3.63) is 33.8 Å². The third-order valence-electron chi connectivity index (χ3n) is 4.59. The number of halogens is 1. The quantitative estimate of drug-likeness (QED) is 0.726. The highest BCUT2D eigenvalue weighted by Gasteiger charge is 2.17. The summed E-state index contributed by atoms with van der Waals surface area (Å²) in [6.45, 7) is 5.39. The second kappa shape index (κ2) is 8.92. The number of rotatable bonds is 7. The molecule has 0 atom stereocenters. The van der Waals surface area contributed by atoms with Crippen molar-refractivity contribution in [1.82, 2.24) is 10.2 Å². The Morgan fingerprint density at radius 3 is 2.71 bits per heavy atom. The monoisotopic (exact) mass is 352 g/mol. The molecule has 1 aromatic rings. The lowest BCUT2D eigenvalue weighted by atomic mass is 9.94. The highest BCUT2D eigenvalue weighted by Crippen LogP contribution is 2.21. The molecule has 21 heavy (non-hydrogen) atoms. The van der Waals surface area contributed by atoms with Crippen molar-refractivity contribution >= 4 is 15.9 Å². The summed E-state index contributed by atoms with van der Waals surface area (Å²) in [6.07, 6.45) is 8.33. The molecule has 1 fully saturated rings. The SMILES string of the molecule is Cc1ccc(CNCCCN(C)C2CCCCC2)c(Br)c1. The van der Waals surface area contributed by atoms with Crippen LogP contribution < -0.4 is 5.32 Å². The third kappa shape index (κ3) is 5.72. The molecule has 0 spiro atoms. The lowest BCUT2D eigenvalue weighted by Crippen LogP contribution is -2.35. The molecule has 0 radical (unpaired) electrons. The molecule has 0 saturated heterocycles. The lowest BCUT2D eigenvalue weighted by molar-refractivity contribution is 0.189. The fourth-order valence-corrected chi connectivity index (χ4v) is 3.81. The van der Waals surface area contributed by atoms with E-state index in [9.17, 15) is 0 Å². The molecule has 2 rings (SSSR count). The summed E-state index contributed by atoms with van der Waals surface area (Å²) in [5, 5.41) is 3.56. The Hall–Kier alpha value is -0.380. The first-order valence-corrected chi connectivity index (χ1v) is 9.12. The predicted octanol–water partition coefficient (Wildman–Crippen LogP) is 4.50. The van der Waals surface area contributed by atoms with Gasteiger partial charge in [0.1, 0.15) is 0 Å². The molecule has 0 bridgehead atoms. The van der Waals surface area contributed by atoms with E-state index in [2.05, 4.69) is 58.3 Å². The number of hydrogen-bond donors (Lipinski definition) is 1. The van der Waals surface area contributed by atoms with E-state index in [1.165, 1.54) is 60.7 Å². The Bertz CT molecular complexity index is 427. The van der Waals surface area contributed by atoms with Crippen LogP contribution in [0.4, 0.5) is 0 Å². The van der Waals surface area contributed by atoms with Gasteiger partial charge in [-0.25, -0.2) is 0 Å². The second-order valence-electron chi connectivity index (χ2n) is 6.40. The van der Waals surface area contributed by atoms with E-state index >= 15 is 0 Å². The van der Waals surface area contributed by atoms with E-state index in [0.29, 0.717) is 0 Å². The van der Waals surface area contributed by atoms with Crippen LogP contribution in [0, 0.1) is 6.92 Å². The molecule has 1 aliphatic carbocycles. The Kier molecular flexibility index (Phi) is 7.21. The molecule has 118 valence electrons. The predicted molar refractivity (Wildman–Crippen MR) is 94.7 cm³/mol. The molecule has 0 unspecified atom stereocenters. The fourth-order valence-electron chi connectivity index (χ4n) is 3.18. The van der Waals surface area contributed by atoms with E-state index in [-0.39, 0.29) is 0 Å². The standard InChI is InChI=1S/C18H29BrN2/c1-15-9-10-16(18(19)13-15)14-20-11-6-12-21(2)17-7-4-3-5-8-17/h9-10,13,17,20H,3-8,11-12,14H2,1-2H3. The van der Waals surface area contributed by atoms with Crippen LogP contribution in [0.1, 0.15) is 49.7 Å². The van der Waals surface area contributed by atoms with Crippen LogP contribution in [0.2, 0.25) is 0 Å². The van der Waals surface area contributed by atoms with Gasteiger partial charge in [-0.3, -0.25) is 0 Å². The van der Waals surface area contributed by atoms with Gasteiger partial charge < -0.3 is 10.2 Å².